The van der Waals surface area contributed by atoms with E-state index in [-0.39, 0.29) is 37.3 Å². The number of carbonyl (C=O) groups excluding carboxylic acids is 4. The molecule has 3 amide bonds. The molecule has 2 aliphatic heterocycles. The van der Waals surface area contributed by atoms with Crippen molar-refractivity contribution < 1.29 is 23.9 Å². The van der Waals surface area contributed by atoms with Crippen LogP contribution >= 0.6 is 0 Å². The average Bonchev–Trinajstić information content (AvgIpc) is 2.90. The van der Waals surface area contributed by atoms with Gasteiger partial charge in [-0.1, -0.05) is 0 Å². The first-order valence-corrected chi connectivity index (χ1v) is 8.16. The summed E-state index contributed by atoms with van der Waals surface area (Å²) in [5.41, 5.74) is 0.765. The van der Waals surface area contributed by atoms with E-state index in [0.717, 1.165) is 4.90 Å². The molecule has 132 valence electrons. The number of carbonyl (C=O) groups is 4. The molecular formula is C17H19N3O5. The number of imide groups is 1. The van der Waals surface area contributed by atoms with Crippen LogP contribution in [0.5, 0.6) is 0 Å². The molecule has 0 spiro atoms. The monoisotopic (exact) mass is 345 g/mol. The van der Waals surface area contributed by atoms with Crippen molar-refractivity contribution in [3.05, 3.63) is 29.8 Å². The first-order valence-electron chi connectivity index (χ1n) is 8.16. The predicted octanol–water partition coefficient (Wildman–Crippen LogP) is -0.0730. The van der Waals surface area contributed by atoms with Crippen molar-refractivity contribution in [3.63, 3.8) is 0 Å². The highest BCUT2D eigenvalue weighted by Crippen LogP contribution is 2.26. The van der Waals surface area contributed by atoms with Crippen molar-refractivity contribution in [2.45, 2.75) is 19.4 Å². The number of nitrogens with one attached hydrogen (secondary N) is 1. The first-order chi connectivity index (χ1) is 12.0. The predicted molar refractivity (Wildman–Crippen MR) is 87.9 cm³/mol. The van der Waals surface area contributed by atoms with Crippen molar-refractivity contribution >= 4 is 29.4 Å². The van der Waals surface area contributed by atoms with E-state index in [4.69, 9.17) is 4.74 Å². The summed E-state index contributed by atoms with van der Waals surface area (Å²) in [6, 6.07) is 5.52. The van der Waals surface area contributed by atoms with Gasteiger partial charge < -0.3 is 10.1 Å². The van der Waals surface area contributed by atoms with Crippen LogP contribution in [0.25, 0.3) is 0 Å². The van der Waals surface area contributed by atoms with Crippen molar-refractivity contribution in [2.24, 2.45) is 0 Å². The van der Waals surface area contributed by atoms with Crippen molar-refractivity contribution in [1.29, 1.82) is 0 Å². The second-order valence-electron chi connectivity index (χ2n) is 5.88. The number of anilines is 1. The number of piperazine rings is 1. The summed E-state index contributed by atoms with van der Waals surface area (Å²) >= 11 is 0. The Labute approximate surface area is 144 Å². The van der Waals surface area contributed by atoms with Crippen LogP contribution in [0.15, 0.2) is 24.3 Å². The molecule has 8 heteroatoms. The van der Waals surface area contributed by atoms with Gasteiger partial charge >= 0.3 is 5.97 Å². The molecule has 8 nitrogen and oxygen atoms in total. The zero-order chi connectivity index (χ0) is 18.0. The highest BCUT2D eigenvalue weighted by molar-refractivity contribution is 6.22. The Balaban J connectivity index is 1.76. The number of hydrogen-bond acceptors (Lipinski definition) is 6. The minimum absolute atomic E-state index is 0.0474. The molecule has 1 atom stereocenters. The molecule has 0 saturated carbocycles. The van der Waals surface area contributed by atoms with Crippen LogP contribution < -0.4 is 10.2 Å². The van der Waals surface area contributed by atoms with Gasteiger partial charge in [0.15, 0.2) is 0 Å². The maximum absolute atomic E-state index is 12.7. The maximum atomic E-state index is 12.7. The lowest BCUT2D eigenvalue weighted by Gasteiger charge is -2.30. The van der Waals surface area contributed by atoms with Gasteiger partial charge in [-0.15, -0.1) is 0 Å². The number of benzene rings is 1. The summed E-state index contributed by atoms with van der Waals surface area (Å²) in [4.78, 5) is 51.1. The molecule has 2 saturated heterocycles. The molecule has 2 fully saturated rings. The normalized spacial score (nSPS) is 21.4. The molecule has 2 aliphatic rings. The topological polar surface area (TPSA) is 96.0 Å². The Kier molecular flexibility index (Phi) is 4.80. The molecule has 3 rings (SSSR count). The molecule has 0 radical (unpaired) electrons. The number of hydrogen-bond donors (Lipinski definition) is 1. The van der Waals surface area contributed by atoms with Gasteiger partial charge in [-0.05, 0) is 31.2 Å². The SMILES string of the molecule is CCOC(=O)c1ccc(N2C(=O)CC(N3CCNC(=O)C3)C2=O)cc1. The van der Waals surface area contributed by atoms with Crippen LogP contribution in [0.3, 0.4) is 0 Å². The minimum atomic E-state index is -0.622. The second kappa shape index (κ2) is 7.02. The van der Waals surface area contributed by atoms with Gasteiger partial charge in [0.2, 0.25) is 11.8 Å². The van der Waals surface area contributed by atoms with Crippen LogP contribution in [0.4, 0.5) is 5.69 Å². The van der Waals surface area contributed by atoms with Gasteiger partial charge in [0, 0.05) is 13.1 Å². The van der Waals surface area contributed by atoms with Crippen LogP contribution in [0.1, 0.15) is 23.7 Å². The third-order valence-electron chi connectivity index (χ3n) is 4.27. The standard InChI is InChI=1S/C17H19N3O5/c1-2-25-17(24)11-3-5-12(6-4-11)20-15(22)9-13(16(20)23)19-8-7-18-14(21)10-19/h3-6,13H,2,7-10H2,1H3,(H,18,21). The summed E-state index contributed by atoms with van der Waals surface area (Å²) in [5, 5.41) is 2.70. The smallest absolute Gasteiger partial charge is 0.338 e. The number of nitrogens with zero attached hydrogens (tertiary/aromatic N) is 2. The molecule has 0 aliphatic carbocycles. The van der Waals surface area contributed by atoms with Gasteiger partial charge in [-0.25, -0.2) is 9.69 Å². The van der Waals surface area contributed by atoms with E-state index in [1.165, 1.54) is 12.1 Å². The molecular weight excluding hydrogens is 326 g/mol. The highest BCUT2D eigenvalue weighted by Gasteiger charge is 2.43. The van der Waals surface area contributed by atoms with E-state index in [1.54, 1.807) is 24.0 Å². The van der Waals surface area contributed by atoms with Gasteiger partial charge in [-0.2, -0.15) is 0 Å². The molecule has 0 bridgehead atoms. The van der Waals surface area contributed by atoms with Crippen LogP contribution in [-0.2, 0) is 19.1 Å². The molecule has 1 aromatic carbocycles. The first kappa shape index (κ1) is 17.1. The van der Waals surface area contributed by atoms with Gasteiger partial charge in [0.25, 0.3) is 5.91 Å². The minimum Gasteiger partial charge on any atom is -0.462 e. The molecule has 0 aromatic heterocycles. The van der Waals surface area contributed by atoms with Gasteiger partial charge in [0.05, 0.1) is 36.9 Å². The summed E-state index contributed by atoms with van der Waals surface area (Å²) < 4.78 is 4.91. The third kappa shape index (κ3) is 3.39. The molecule has 1 N–H and O–H groups in total. The second-order valence-corrected chi connectivity index (χ2v) is 5.88. The van der Waals surface area contributed by atoms with Crippen LogP contribution in [0.2, 0.25) is 0 Å². The summed E-state index contributed by atoms with van der Waals surface area (Å²) in [6.45, 7) is 3.10. The molecule has 25 heavy (non-hydrogen) atoms. The lowest BCUT2D eigenvalue weighted by atomic mass is 10.2. The number of amides is 3. The zero-order valence-electron chi connectivity index (χ0n) is 13.9. The molecule has 1 aromatic rings. The van der Waals surface area contributed by atoms with Crippen LogP contribution in [-0.4, -0.2) is 60.9 Å². The largest absolute Gasteiger partial charge is 0.462 e. The van der Waals surface area contributed by atoms with Crippen molar-refractivity contribution in [2.75, 3.05) is 31.1 Å². The quantitative estimate of drug-likeness (QED) is 0.606. The average molecular weight is 345 g/mol. The maximum Gasteiger partial charge on any atom is 0.338 e. The fraction of sp³-hybridized carbons (Fsp3) is 0.412. The Hall–Kier alpha value is -2.74. The van der Waals surface area contributed by atoms with E-state index in [2.05, 4.69) is 5.32 Å². The number of esters is 1. The van der Waals surface area contributed by atoms with Gasteiger partial charge in [-0.3, -0.25) is 19.3 Å². The van der Waals surface area contributed by atoms with E-state index < -0.39 is 12.0 Å². The van der Waals surface area contributed by atoms with E-state index >= 15 is 0 Å². The Morgan fingerprint density at radius 1 is 1.24 bits per heavy atom. The Morgan fingerprint density at radius 3 is 2.60 bits per heavy atom. The van der Waals surface area contributed by atoms with Gasteiger partial charge in [0.1, 0.15) is 0 Å². The molecule has 1 unspecified atom stereocenters. The molecule has 2 heterocycles. The van der Waals surface area contributed by atoms with Crippen LogP contribution in [0, 0.1) is 0 Å². The Bertz CT molecular complexity index is 715. The van der Waals surface area contributed by atoms with Crippen molar-refractivity contribution in [3.8, 4) is 0 Å². The number of ether oxygens (including phenoxy) is 1. The lowest BCUT2D eigenvalue weighted by Crippen LogP contribution is -2.53. The zero-order valence-corrected chi connectivity index (χ0v) is 13.9. The summed E-state index contributed by atoms with van der Waals surface area (Å²) in [7, 11) is 0. The number of rotatable bonds is 4. The van der Waals surface area contributed by atoms with E-state index in [1.807, 2.05) is 0 Å². The highest BCUT2D eigenvalue weighted by atomic mass is 16.5. The summed E-state index contributed by atoms with van der Waals surface area (Å²) in [5.74, 6) is -1.26. The van der Waals surface area contributed by atoms with E-state index in [0.29, 0.717) is 24.3 Å². The fourth-order valence-corrected chi connectivity index (χ4v) is 3.06. The third-order valence-corrected chi connectivity index (χ3v) is 4.27. The fourth-order valence-electron chi connectivity index (χ4n) is 3.06. The Morgan fingerprint density at radius 2 is 1.96 bits per heavy atom. The van der Waals surface area contributed by atoms with Crippen molar-refractivity contribution in [1.82, 2.24) is 10.2 Å². The van der Waals surface area contributed by atoms with E-state index in [9.17, 15) is 19.2 Å². The summed E-state index contributed by atoms with van der Waals surface area (Å²) in [6.07, 6.45) is 0.0474. The lowest BCUT2D eigenvalue weighted by molar-refractivity contribution is -0.128.